The molecule has 2 aromatic heterocycles. The van der Waals surface area contributed by atoms with Gasteiger partial charge in [0, 0.05) is 21.8 Å². The van der Waals surface area contributed by atoms with Gasteiger partial charge in [-0.3, -0.25) is 14.2 Å². The molecule has 0 aromatic carbocycles. The number of halogens is 1. The minimum Gasteiger partial charge on any atom is -0.456 e. The van der Waals surface area contributed by atoms with Crippen LogP contribution in [0.2, 0.25) is 5.28 Å². The smallest absolute Gasteiger partial charge is 0.303 e. The van der Waals surface area contributed by atoms with Gasteiger partial charge in [-0.2, -0.15) is 4.98 Å². The van der Waals surface area contributed by atoms with Crippen LogP contribution in [0.3, 0.4) is 0 Å². The molecule has 1 unspecified atom stereocenters. The van der Waals surface area contributed by atoms with Gasteiger partial charge in [-0.15, -0.1) is 0 Å². The maximum Gasteiger partial charge on any atom is 0.303 e. The van der Waals surface area contributed by atoms with Crippen molar-refractivity contribution in [3.05, 3.63) is 17.8 Å². The molecule has 0 N–H and O–H groups in total. The van der Waals surface area contributed by atoms with Crippen LogP contribution in [0.5, 0.6) is 0 Å². The molecule has 0 saturated carbocycles. The van der Waals surface area contributed by atoms with Crippen molar-refractivity contribution in [2.24, 2.45) is 0 Å². The summed E-state index contributed by atoms with van der Waals surface area (Å²) in [7, 11) is 0. The highest BCUT2D eigenvalue weighted by Gasteiger charge is 2.50. The largest absolute Gasteiger partial charge is 0.456 e. The van der Waals surface area contributed by atoms with Crippen molar-refractivity contribution in [1.82, 2.24) is 19.5 Å². The monoisotopic (exact) mass is 399 g/mol. The molecule has 11 heteroatoms. The number of ether oxygens (including phenoxy) is 4. The van der Waals surface area contributed by atoms with Crippen molar-refractivity contribution in [2.75, 3.05) is 13.2 Å². The van der Waals surface area contributed by atoms with Crippen LogP contribution >= 0.6 is 11.6 Å². The van der Waals surface area contributed by atoms with Gasteiger partial charge in [-0.1, -0.05) is 0 Å². The lowest BCUT2D eigenvalue weighted by Gasteiger charge is -2.23. The minimum absolute atomic E-state index is 0.0168. The number of nitrogens with zero attached hydrogens (tertiary/aromatic N) is 4. The van der Waals surface area contributed by atoms with E-state index in [2.05, 4.69) is 15.0 Å². The first-order valence-electron chi connectivity index (χ1n) is 8.83. The van der Waals surface area contributed by atoms with Crippen molar-refractivity contribution in [1.29, 1.82) is 0 Å². The Kier molecular flexibility index (Phi) is 5.46. The Labute approximate surface area is 161 Å². The van der Waals surface area contributed by atoms with E-state index in [0.717, 1.165) is 0 Å². The molecule has 0 spiro atoms. The predicted molar refractivity (Wildman–Crippen MR) is 91.8 cm³/mol. The van der Waals surface area contributed by atoms with Gasteiger partial charge in [0.25, 0.3) is 0 Å². The number of hydrogen-bond donors (Lipinski definition) is 0. The third-order valence-corrected chi connectivity index (χ3v) is 4.06. The lowest BCUT2D eigenvalue weighted by molar-refractivity contribution is -0.165. The van der Waals surface area contributed by atoms with Gasteiger partial charge in [0.05, 0.1) is 19.1 Å². The summed E-state index contributed by atoms with van der Waals surface area (Å²) >= 11 is 5.89. The zero-order valence-corrected chi connectivity index (χ0v) is 15.5. The number of rotatable bonds is 6. The summed E-state index contributed by atoms with van der Waals surface area (Å²) in [6.07, 6.45) is -0.568. The highest BCUT2D eigenvalue weighted by atomic mass is 35.5. The molecule has 10 nitrogen and oxygen atoms in total. The molecule has 2 aromatic rings. The molecule has 146 valence electrons. The first-order valence-corrected chi connectivity index (χ1v) is 8.50. The van der Waals surface area contributed by atoms with Gasteiger partial charge in [0.1, 0.15) is 11.6 Å². The lowest BCUT2D eigenvalue weighted by Crippen LogP contribution is -2.40. The van der Waals surface area contributed by atoms with Gasteiger partial charge in [0.15, 0.2) is 24.1 Å². The summed E-state index contributed by atoms with van der Waals surface area (Å²) < 4.78 is 30.9. The summed E-state index contributed by atoms with van der Waals surface area (Å²) in [5, 5.41) is 0.0168. The van der Waals surface area contributed by atoms with Gasteiger partial charge in [-0.25, -0.2) is 9.97 Å². The molecule has 1 aliphatic rings. The van der Waals surface area contributed by atoms with Crippen molar-refractivity contribution in [3.8, 4) is 0 Å². The molecule has 3 heterocycles. The highest BCUT2D eigenvalue weighted by molar-refractivity contribution is 6.28. The Morgan fingerprint density at radius 3 is 2.74 bits per heavy atom. The van der Waals surface area contributed by atoms with E-state index in [0.29, 0.717) is 11.2 Å². The SMILES string of the molecule is [2H]CCOC[C@H]1OC(n2cnc3cnc(Cl)nc32)[C@H](OC(C)=O)[C@@H]1OC(C)=O. The number of esters is 2. The van der Waals surface area contributed by atoms with Crippen LogP contribution in [0.15, 0.2) is 12.5 Å². The van der Waals surface area contributed by atoms with Crippen LogP contribution in [-0.4, -0.2) is 63.0 Å². The van der Waals surface area contributed by atoms with E-state index in [-0.39, 0.29) is 25.4 Å². The van der Waals surface area contributed by atoms with Gasteiger partial charge in [0.2, 0.25) is 5.28 Å². The quantitative estimate of drug-likeness (QED) is 0.402. The average molecular weight is 400 g/mol. The van der Waals surface area contributed by atoms with E-state index < -0.39 is 36.5 Å². The second kappa shape index (κ2) is 8.15. The molecular weight excluding hydrogens is 380 g/mol. The van der Waals surface area contributed by atoms with Crippen molar-refractivity contribution in [2.45, 2.75) is 45.3 Å². The summed E-state index contributed by atoms with van der Waals surface area (Å²) in [4.78, 5) is 35.5. The molecule has 0 radical (unpaired) electrons. The van der Waals surface area contributed by atoms with E-state index in [4.69, 9.17) is 31.9 Å². The molecule has 0 aliphatic carbocycles. The van der Waals surface area contributed by atoms with E-state index in [9.17, 15) is 9.59 Å². The second-order valence-corrected chi connectivity index (χ2v) is 6.13. The summed E-state index contributed by atoms with van der Waals surface area (Å²) in [6.45, 7) is 2.81. The molecule has 1 saturated heterocycles. The zero-order chi connectivity index (χ0) is 20.3. The number of hydrogen-bond acceptors (Lipinski definition) is 9. The molecular formula is C16H19ClN4O6. The van der Waals surface area contributed by atoms with Crippen LogP contribution in [0.1, 0.15) is 28.3 Å². The fraction of sp³-hybridized carbons (Fsp3) is 0.562. The Hall–Kier alpha value is -2.30. The standard InChI is InChI=1S/C16H19ClN4O6/c1-4-24-6-11-12(25-8(2)22)13(26-9(3)23)15(27-11)21-7-19-10-5-18-16(17)20-14(10)21/h5,7,11-13,15H,4,6H2,1-3H3/t11-,12-,13-,15?/m1/s1/i1D. The summed E-state index contributed by atoms with van der Waals surface area (Å²) in [6, 6.07) is 0. The number of imidazole rings is 1. The van der Waals surface area contributed by atoms with Gasteiger partial charge < -0.3 is 18.9 Å². The topological polar surface area (TPSA) is 115 Å². The maximum absolute atomic E-state index is 11.7. The Morgan fingerprint density at radius 1 is 1.30 bits per heavy atom. The van der Waals surface area contributed by atoms with Crippen LogP contribution in [0.4, 0.5) is 0 Å². The second-order valence-electron chi connectivity index (χ2n) is 5.79. The molecule has 0 bridgehead atoms. The fourth-order valence-corrected chi connectivity index (χ4v) is 3.04. The van der Waals surface area contributed by atoms with Crippen LogP contribution in [-0.2, 0) is 28.5 Å². The minimum atomic E-state index is -0.961. The maximum atomic E-state index is 11.7. The van der Waals surface area contributed by atoms with Gasteiger partial charge >= 0.3 is 11.9 Å². The number of aromatic nitrogens is 4. The Bertz CT molecular complexity index is 865. The lowest BCUT2D eigenvalue weighted by atomic mass is 10.1. The van der Waals surface area contributed by atoms with E-state index >= 15 is 0 Å². The third-order valence-electron chi connectivity index (χ3n) is 3.88. The van der Waals surface area contributed by atoms with Crippen LogP contribution < -0.4 is 0 Å². The molecule has 0 amide bonds. The summed E-state index contributed by atoms with van der Waals surface area (Å²) in [5.74, 6) is -1.13. The zero-order valence-electron chi connectivity index (χ0n) is 15.7. The van der Waals surface area contributed by atoms with E-state index in [1.807, 2.05) is 0 Å². The van der Waals surface area contributed by atoms with E-state index in [1.54, 1.807) is 0 Å². The molecule has 1 fully saturated rings. The fourth-order valence-electron chi connectivity index (χ4n) is 2.91. The van der Waals surface area contributed by atoms with Crippen LogP contribution in [0, 0.1) is 0 Å². The van der Waals surface area contributed by atoms with Crippen LogP contribution in [0.25, 0.3) is 11.2 Å². The highest BCUT2D eigenvalue weighted by Crippen LogP contribution is 2.35. The molecule has 27 heavy (non-hydrogen) atoms. The first-order chi connectivity index (χ1) is 13.4. The van der Waals surface area contributed by atoms with Crippen molar-refractivity contribution < 1.29 is 29.9 Å². The van der Waals surface area contributed by atoms with E-state index in [1.165, 1.54) is 30.9 Å². The normalized spacial score (nSPS) is 25.4. The van der Waals surface area contributed by atoms with Gasteiger partial charge in [-0.05, 0) is 18.5 Å². The third kappa shape index (κ3) is 4.18. The molecule has 3 rings (SSSR count). The Morgan fingerprint density at radius 2 is 2.04 bits per heavy atom. The predicted octanol–water partition coefficient (Wildman–Crippen LogP) is 1.28. The number of carbonyl (C=O) groups excluding carboxylic acids is 2. The molecule has 4 atom stereocenters. The van der Waals surface area contributed by atoms with Crippen molar-refractivity contribution >= 4 is 34.7 Å². The molecule has 1 aliphatic heterocycles. The first kappa shape index (κ1) is 18.1. The average Bonchev–Trinajstić information content (AvgIpc) is 3.16. The summed E-state index contributed by atoms with van der Waals surface area (Å²) in [5.41, 5.74) is 0.837. The number of carbonyl (C=O) groups is 2. The van der Waals surface area contributed by atoms with Crippen molar-refractivity contribution in [3.63, 3.8) is 0 Å². The number of fused-ring (bicyclic) bond motifs is 1. The Balaban J connectivity index is 1.97.